The van der Waals surface area contributed by atoms with Crippen molar-refractivity contribution in [1.82, 2.24) is 0 Å². The molecule has 1 saturated carbocycles. The van der Waals surface area contributed by atoms with Gasteiger partial charge in [-0.15, -0.1) is 0 Å². The minimum absolute atomic E-state index is 0.217. The van der Waals surface area contributed by atoms with E-state index in [0.717, 1.165) is 0 Å². The van der Waals surface area contributed by atoms with Gasteiger partial charge in [0.15, 0.2) is 0 Å². The lowest BCUT2D eigenvalue weighted by molar-refractivity contribution is -0.153. The van der Waals surface area contributed by atoms with Crippen molar-refractivity contribution >= 4 is 43.8 Å². The first-order chi connectivity index (χ1) is 6.09. The highest BCUT2D eigenvalue weighted by molar-refractivity contribution is 9.12. The second-order valence-electron chi connectivity index (χ2n) is 3.46. The molecule has 1 aliphatic heterocycles. The molecule has 72 valence electrons. The fraction of sp³-hybridized carbons (Fsp3) is 0.750. The predicted octanol–water partition coefficient (Wildman–Crippen LogP) is 1.62. The number of hydrogen-bond donors (Lipinski definition) is 0. The molecule has 3 nitrogen and oxygen atoms in total. The zero-order valence-electron chi connectivity index (χ0n) is 6.70. The van der Waals surface area contributed by atoms with Crippen molar-refractivity contribution in [3.05, 3.63) is 0 Å². The van der Waals surface area contributed by atoms with Crippen LogP contribution < -0.4 is 0 Å². The number of hydrogen-bond acceptors (Lipinski definition) is 3. The summed E-state index contributed by atoms with van der Waals surface area (Å²) < 4.78 is 4.59. The maximum absolute atomic E-state index is 11.2. The van der Waals surface area contributed by atoms with Gasteiger partial charge in [0.1, 0.15) is 0 Å². The van der Waals surface area contributed by atoms with Gasteiger partial charge in [-0.3, -0.25) is 9.59 Å². The molecule has 13 heavy (non-hydrogen) atoms. The summed E-state index contributed by atoms with van der Waals surface area (Å²) >= 11 is 6.94. The Labute approximate surface area is 92.5 Å². The molecule has 1 aliphatic carbocycles. The van der Waals surface area contributed by atoms with Gasteiger partial charge < -0.3 is 4.74 Å². The average Bonchev–Trinajstić information content (AvgIpc) is 2.31. The number of fused-ring (bicyclic) bond motifs is 1. The van der Waals surface area contributed by atoms with Crippen LogP contribution in [0.2, 0.25) is 0 Å². The summed E-state index contributed by atoms with van der Waals surface area (Å²) in [6.07, 6.45) is 1.37. The summed E-state index contributed by atoms with van der Waals surface area (Å²) in [6, 6.07) is 0. The average molecular weight is 312 g/mol. The van der Waals surface area contributed by atoms with Crippen LogP contribution in [0.25, 0.3) is 0 Å². The first-order valence-corrected chi connectivity index (χ1v) is 5.96. The highest BCUT2D eigenvalue weighted by Crippen LogP contribution is 2.41. The van der Waals surface area contributed by atoms with Crippen LogP contribution in [0.4, 0.5) is 0 Å². The van der Waals surface area contributed by atoms with E-state index in [2.05, 4.69) is 36.6 Å². The normalized spacial score (nSPS) is 44.5. The molecular weight excluding hydrogens is 304 g/mol. The highest BCUT2D eigenvalue weighted by Gasteiger charge is 2.49. The number of cyclic esters (lactones) is 2. The lowest BCUT2D eigenvalue weighted by Crippen LogP contribution is -2.34. The summed E-state index contributed by atoms with van der Waals surface area (Å²) in [5.41, 5.74) is 0. The quantitative estimate of drug-likeness (QED) is 0.388. The standard InChI is InChI=1S/C8H8Br2O3/c9-5-1-3-4(2-6(5)10)8(12)13-7(3)11/h3-6H,1-2H2/t3-,4-,5-,6+/m1/s1. The van der Waals surface area contributed by atoms with Crippen molar-refractivity contribution in [2.75, 3.05) is 0 Å². The van der Waals surface area contributed by atoms with Crippen LogP contribution in [0.3, 0.4) is 0 Å². The SMILES string of the molecule is O=C1OC(=O)[C@@H]2C[C@H](Br)[C@H](Br)C[C@@H]12. The molecule has 0 N–H and O–H groups in total. The van der Waals surface area contributed by atoms with E-state index in [1.54, 1.807) is 0 Å². The fourth-order valence-electron chi connectivity index (χ4n) is 1.88. The van der Waals surface area contributed by atoms with Crippen LogP contribution in [0, 0.1) is 11.8 Å². The van der Waals surface area contributed by atoms with Crippen LogP contribution in [-0.4, -0.2) is 21.6 Å². The zero-order chi connectivity index (χ0) is 9.59. The van der Waals surface area contributed by atoms with E-state index in [1.165, 1.54) is 0 Å². The smallest absolute Gasteiger partial charge is 0.317 e. The van der Waals surface area contributed by atoms with E-state index in [1.807, 2.05) is 0 Å². The Balaban J connectivity index is 2.19. The number of rotatable bonds is 0. The molecule has 0 radical (unpaired) electrons. The molecule has 2 rings (SSSR count). The second-order valence-corrected chi connectivity index (χ2v) is 5.81. The number of esters is 2. The molecule has 1 saturated heterocycles. The summed E-state index contributed by atoms with van der Waals surface area (Å²) in [4.78, 5) is 22.9. The van der Waals surface area contributed by atoms with Gasteiger partial charge in [0.2, 0.25) is 0 Å². The number of alkyl halides is 2. The molecule has 2 fully saturated rings. The number of ether oxygens (including phenoxy) is 1. The fourth-order valence-corrected chi connectivity index (χ4v) is 3.12. The lowest BCUT2D eigenvalue weighted by atomic mass is 9.81. The molecule has 1 heterocycles. The van der Waals surface area contributed by atoms with Crippen LogP contribution in [0.5, 0.6) is 0 Å². The molecule has 0 aromatic carbocycles. The molecular formula is C8H8Br2O3. The molecule has 0 bridgehead atoms. The third kappa shape index (κ3) is 1.56. The molecule has 4 atom stereocenters. The van der Waals surface area contributed by atoms with Gasteiger partial charge in [-0.2, -0.15) is 0 Å². The van der Waals surface area contributed by atoms with Crippen molar-refractivity contribution in [3.63, 3.8) is 0 Å². The summed E-state index contributed by atoms with van der Waals surface area (Å²) in [6.45, 7) is 0. The number of carbonyl (C=O) groups excluding carboxylic acids is 2. The summed E-state index contributed by atoms with van der Waals surface area (Å²) in [5, 5.41) is 0. The maximum Gasteiger partial charge on any atom is 0.317 e. The van der Waals surface area contributed by atoms with Gasteiger partial charge >= 0.3 is 11.9 Å². The maximum atomic E-state index is 11.2. The Hall–Kier alpha value is 0.1000. The number of carbonyl (C=O) groups is 2. The van der Waals surface area contributed by atoms with Crippen LogP contribution in [-0.2, 0) is 14.3 Å². The first kappa shape index (κ1) is 9.65. The van der Waals surface area contributed by atoms with Crippen molar-refractivity contribution < 1.29 is 14.3 Å². The van der Waals surface area contributed by atoms with E-state index in [4.69, 9.17) is 0 Å². The Bertz CT molecular complexity index is 240. The van der Waals surface area contributed by atoms with E-state index >= 15 is 0 Å². The third-order valence-corrected chi connectivity index (χ3v) is 5.38. The molecule has 2 aliphatic rings. The van der Waals surface area contributed by atoms with Gasteiger partial charge in [-0.1, -0.05) is 31.9 Å². The largest absolute Gasteiger partial charge is 0.393 e. The van der Waals surface area contributed by atoms with Gasteiger partial charge in [0.05, 0.1) is 11.8 Å². The lowest BCUT2D eigenvalue weighted by Gasteiger charge is -2.28. The van der Waals surface area contributed by atoms with E-state index in [9.17, 15) is 9.59 Å². The van der Waals surface area contributed by atoms with Crippen LogP contribution in [0.15, 0.2) is 0 Å². The van der Waals surface area contributed by atoms with Crippen molar-refractivity contribution in [1.29, 1.82) is 0 Å². The van der Waals surface area contributed by atoms with Gasteiger partial charge in [-0.05, 0) is 12.8 Å². The van der Waals surface area contributed by atoms with Crippen LogP contribution >= 0.6 is 31.9 Å². The molecule has 0 spiro atoms. The zero-order valence-corrected chi connectivity index (χ0v) is 9.88. The Kier molecular flexibility index (Phi) is 2.49. The molecule has 0 aromatic heterocycles. The first-order valence-electron chi connectivity index (χ1n) is 4.13. The summed E-state index contributed by atoms with van der Waals surface area (Å²) in [5.74, 6) is -1.13. The van der Waals surface area contributed by atoms with Crippen LogP contribution in [0.1, 0.15) is 12.8 Å². The molecule has 0 unspecified atom stereocenters. The Morgan fingerprint density at radius 2 is 1.38 bits per heavy atom. The topological polar surface area (TPSA) is 43.4 Å². The molecule has 0 amide bonds. The van der Waals surface area contributed by atoms with Gasteiger partial charge in [0, 0.05) is 9.65 Å². The van der Waals surface area contributed by atoms with Crippen molar-refractivity contribution in [3.8, 4) is 0 Å². The molecule has 0 aromatic rings. The Morgan fingerprint density at radius 1 is 1.00 bits per heavy atom. The van der Waals surface area contributed by atoms with Gasteiger partial charge in [-0.25, -0.2) is 0 Å². The minimum Gasteiger partial charge on any atom is -0.393 e. The van der Waals surface area contributed by atoms with Gasteiger partial charge in [0.25, 0.3) is 0 Å². The van der Waals surface area contributed by atoms with Crippen molar-refractivity contribution in [2.24, 2.45) is 11.8 Å². The van der Waals surface area contributed by atoms with E-state index in [0.29, 0.717) is 12.8 Å². The molecule has 5 heteroatoms. The monoisotopic (exact) mass is 310 g/mol. The predicted molar refractivity (Wildman–Crippen MR) is 52.7 cm³/mol. The third-order valence-electron chi connectivity index (χ3n) is 2.64. The Morgan fingerprint density at radius 3 is 1.77 bits per heavy atom. The van der Waals surface area contributed by atoms with E-state index in [-0.39, 0.29) is 33.4 Å². The summed E-state index contributed by atoms with van der Waals surface area (Å²) in [7, 11) is 0. The highest BCUT2D eigenvalue weighted by atomic mass is 79.9. The minimum atomic E-state index is -0.348. The number of halogens is 2. The second kappa shape index (κ2) is 3.35. The van der Waals surface area contributed by atoms with E-state index < -0.39 is 0 Å². The van der Waals surface area contributed by atoms with Crippen molar-refractivity contribution in [2.45, 2.75) is 22.5 Å².